The average Bonchev–Trinajstić information content (AvgIpc) is 2.46. The van der Waals surface area contributed by atoms with Gasteiger partial charge in [-0.05, 0) is 31.9 Å². The van der Waals surface area contributed by atoms with E-state index in [2.05, 4.69) is 17.2 Å². The molecule has 0 bridgehead atoms. The number of pyridine rings is 1. The number of nitrogens with one attached hydrogen (secondary N) is 1. The molecule has 1 aliphatic rings. The molecule has 0 saturated carbocycles. The van der Waals surface area contributed by atoms with E-state index in [0.29, 0.717) is 12.1 Å². The van der Waals surface area contributed by atoms with Crippen molar-refractivity contribution < 1.29 is 9.53 Å². The maximum Gasteiger partial charge on any atom is 0.255 e. The van der Waals surface area contributed by atoms with E-state index in [0.717, 1.165) is 25.2 Å². The van der Waals surface area contributed by atoms with E-state index in [-0.39, 0.29) is 11.5 Å². The van der Waals surface area contributed by atoms with Crippen LogP contribution in [0.15, 0.2) is 18.3 Å². The van der Waals surface area contributed by atoms with Crippen molar-refractivity contribution in [2.45, 2.75) is 25.4 Å². The zero-order valence-corrected chi connectivity index (χ0v) is 11.8. The molecule has 1 atom stereocenters. The van der Waals surface area contributed by atoms with Crippen LogP contribution in [-0.4, -0.2) is 48.6 Å². The molecular weight excluding hydrogens is 242 g/mol. The molecule has 0 spiro atoms. The van der Waals surface area contributed by atoms with Crippen molar-refractivity contribution in [3.63, 3.8) is 0 Å². The molecule has 1 aromatic heterocycles. The zero-order valence-electron chi connectivity index (χ0n) is 11.8. The Morgan fingerprint density at radius 3 is 2.89 bits per heavy atom. The lowest BCUT2D eigenvalue weighted by Crippen LogP contribution is -2.49. The molecular formula is C14H21N3O2. The van der Waals surface area contributed by atoms with Gasteiger partial charge >= 0.3 is 0 Å². The van der Waals surface area contributed by atoms with Crippen LogP contribution in [0.5, 0.6) is 0 Å². The molecule has 19 heavy (non-hydrogen) atoms. The monoisotopic (exact) mass is 263 g/mol. The first-order chi connectivity index (χ1) is 9.08. The Kier molecular flexibility index (Phi) is 4.04. The lowest BCUT2D eigenvalue weighted by Gasteiger charge is -2.39. The van der Waals surface area contributed by atoms with E-state index in [1.807, 2.05) is 11.0 Å². The second-order valence-corrected chi connectivity index (χ2v) is 5.17. The van der Waals surface area contributed by atoms with Crippen LogP contribution in [0.2, 0.25) is 0 Å². The highest BCUT2D eigenvalue weighted by Gasteiger charge is 2.33. The van der Waals surface area contributed by atoms with Gasteiger partial charge in [0.1, 0.15) is 5.82 Å². The standard InChI is InChI=1S/C14H21N3O2/c1-14(19-3)7-4-8-17(10-14)13(18)11-5-6-12(15-2)16-9-11/h5-6,9H,4,7-8,10H2,1-3H3,(H,15,16). The van der Waals surface area contributed by atoms with Crippen LogP contribution in [0.4, 0.5) is 5.82 Å². The van der Waals surface area contributed by atoms with Gasteiger partial charge < -0.3 is 15.0 Å². The van der Waals surface area contributed by atoms with Gasteiger partial charge in [-0.2, -0.15) is 0 Å². The van der Waals surface area contributed by atoms with E-state index >= 15 is 0 Å². The van der Waals surface area contributed by atoms with Gasteiger partial charge in [0.25, 0.3) is 5.91 Å². The van der Waals surface area contributed by atoms with Crippen molar-refractivity contribution in [3.05, 3.63) is 23.9 Å². The normalized spacial score (nSPS) is 23.2. The quantitative estimate of drug-likeness (QED) is 0.903. The number of carbonyl (C=O) groups is 1. The number of hydrogen-bond acceptors (Lipinski definition) is 4. The summed E-state index contributed by atoms with van der Waals surface area (Å²) in [4.78, 5) is 18.4. The molecule has 1 unspecified atom stereocenters. The molecule has 1 aliphatic heterocycles. The maximum absolute atomic E-state index is 12.4. The Labute approximate surface area is 114 Å². The third-order valence-corrected chi connectivity index (χ3v) is 3.71. The van der Waals surface area contributed by atoms with E-state index in [1.54, 1.807) is 26.4 Å². The van der Waals surface area contributed by atoms with Crippen molar-refractivity contribution in [3.8, 4) is 0 Å². The van der Waals surface area contributed by atoms with E-state index in [4.69, 9.17) is 4.74 Å². The third-order valence-electron chi connectivity index (χ3n) is 3.71. The second kappa shape index (κ2) is 5.57. The van der Waals surface area contributed by atoms with Crippen LogP contribution < -0.4 is 5.32 Å². The van der Waals surface area contributed by atoms with Crippen LogP contribution in [-0.2, 0) is 4.74 Å². The second-order valence-electron chi connectivity index (χ2n) is 5.17. The first-order valence-electron chi connectivity index (χ1n) is 6.56. The van der Waals surface area contributed by atoms with Crippen LogP contribution in [0.25, 0.3) is 0 Å². The smallest absolute Gasteiger partial charge is 0.255 e. The molecule has 1 N–H and O–H groups in total. The molecule has 0 aliphatic carbocycles. The number of likely N-dealkylation sites (tertiary alicyclic amines) is 1. The number of carbonyl (C=O) groups excluding carboxylic acids is 1. The van der Waals surface area contributed by atoms with Crippen molar-refractivity contribution in [1.82, 2.24) is 9.88 Å². The number of hydrogen-bond donors (Lipinski definition) is 1. The van der Waals surface area contributed by atoms with Gasteiger partial charge in [0.05, 0.1) is 11.2 Å². The van der Waals surface area contributed by atoms with Crippen LogP contribution in [0.3, 0.4) is 0 Å². The minimum Gasteiger partial charge on any atom is -0.377 e. The number of nitrogens with zero attached hydrogens (tertiary/aromatic N) is 2. The Balaban J connectivity index is 2.10. The van der Waals surface area contributed by atoms with Crippen molar-refractivity contribution in [1.29, 1.82) is 0 Å². The van der Waals surface area contributed by atoms with Gasteiger partial charge in [-0.3, -0.25) is 4.79 Å². The predicted molar refractivity (Wildman–Crippen MR) is 74.3 cm³/mol. The highest BCUT2D eigenvalue weighted by atomic mass is 16.5. The molecule has 0 radical (unpaired) electrons. The van der Waals surface area contributed by atoms with Gasteiger partial charge in [0.2, 0.25) is 0 Å². The lowest BCUT2D eigenvalue weighted by molar-refractivity contribution is -0.0440. The van der Waals surface area contributed by atoms with Crippen molar-refractivity contribution in [2.24, 2.45) is 0 Å². The Morgan fingerprint density at radius 1 is 1.53 bits per heavy atom. The molecule has 1 aromatic rings. The summed E-state index contributed by atoms with van der Waals surface area (Å²) in [7, 11) is 3.51. The van der Waals surface area contributed by atoms with E-state index < -0.39 is 0 Å². The summed E-state index contributed by atoms with van der Waals surface area (Å²) in [5.74, 6) is 0.787. The van der Waals surface area contributed by atoms with Crippen LogP contribution in [0.1, 0.15) is 30.1 Å². The number of rotatable bonds is 3. The molecule has 1 saturated heterocycles. The lowest BCUT2D eigenvalue weighted by atomic mass is 9.94. The molecule has 2 heterocycles. The molecule has 104 valence electrons. The average molecular weight is 263 g/mol. The number of anilines is 1. The number of methoxy groups -OCH3 is 1. The highest BCUT2D eigenvalue weighted by Crippen LogP contribution is 2.25. The molecule has 1 fully saturated rings. The minimum absolute atomic E-state index is 0.0260. The largest absolute Gasteiger partial charge is 0.377 e. The predicted octanol–water partition coefficient (Wildman–Crippen LogP) is 1.76. The molecule has 5 nitrogen and oxygen atoms in total. The Hall–Kier alpha value is -1.62. The first kappa shape index (κ1) is 13.8. The third kappa shape index (κ3) is 3.04. The molecule has 2 rings (SSSR count). The molecule has 1 amide bonds. The number of aromatic nitrogens is 1. The zero-order chi connectivity index (χ0) is 13.9. The van der Waals surface area contributed by atoms with E-state index in [9.17, 15) is 4.79 Å². The first-order valence-corrected chi connectivity index (χ1v) is 6.56. The van der Waals surface area contributed by atoms with Gasteiger partial charge in [-0.15, -0.1) is 0 Å². The minimum atomic E-state index is -0.230. The van der Waals surface area contributed by atoms with Gasteiger partial charge in [0, 0.05) is 33.4 Å². The van der Waals surface area contributed by atoms with Crippen molar-refractivity contribution in [2.75, 3.05) is 32.6 Å². The number of ether oxygens (including phenoxy) is 1. The van der Waals surface area contributed by atoms with E-state index in [1.165, 1.54) is 0 Å². The summed E-state index contributed by atoms with van der Waals surface area (Å²) in [6, 6.07) is 3.62. The van der Waals surface area contributed by atoms with Crippen LogP contribution in [0, 0.1) is 0 Å². The summed E-state index contributed by atoms with van der Waals surface area (Å²) in [6.45, 7) is 3.47. The van der Waals surface area contributed by atoms with Crippen LogP contribution >= 0.6 is 0 Å². The van der Waals surface area contributed by atoms with Crippen molar-refractivity contribution >= 4 is 11.7 Å². The summed E-state index contributed by atoms with van der Waals surface area (Å²) in [6.07, 6.45) is 3.58. The summed E-state index contributed by atoms with van der Waals surface area (Å²) >= 11 is 0. The Morgan fingerprint density at radius 2 is 2.32 bits per heavy atom. The van der Waals surface area contributed by atoms with Gasteiger partial charge in [0.15, 0.2) is 0 Å². The number of amides is 1. The highest BCUT2D eigenvalue weighted by molar-refractivity contribution is 5.94. The number of piperidine rings is 1. The fourth-order valence-electron chi connectivity index (χ4n) is 2.40. The maximum atomic E-state index is 12.4. The summed E-state index contributed by atoms with van der Waals surface area (Å²) in [5, 5.41) is 2.94. The SMILES string of the molecule is CNc1ccc(C(=O)N2CCCC(C)(OC)C2)cn1. The Bertz CT molecular complexity index is 447. The van der Waals surface area contributed by atoms with Gasteiger partial charge in [-0.25, -0.2) is 4.98 Å². The van der Waals surface area contributed by atoms with Gasteiger partial charge in [-0.1, -0.05) is 0 Å². The topological polar surface area (TPSA) is 54.5 Å². The molecule has 5 heteroatoms. The molecule has 0 aromatic carbocycles. The summed E-state index contributed by atoms with van der Waals surface area (Å²) in [5.41, 5.74) is 0.394. The fraction of sp³-hybridized carbons (Fsp3) is 0.571. The fourth-order valence-corrected chi connectivity index (χ4v) is 2.40. The summed E-state index contributed by atoms with van der Waals surface area (Å²) < 4.78 is 5.51.